The van der Waals surface area contributed by atoms with E-state index in [9.17, 15) is 17.6 Å². The van der Waals surface area contributed by atoms with Crippen LogP contribution in [0.15, 0.2) is 52.7 Å². The van der Waals surface area contributed by atoms with Crippen LogP contribution in [0.2, 0.25) is 0 Å². The average molecular weight is 462 g/mol. The maximum absolute atomic E-state index is 13.1. The summed E-state index contributed by atoms with van der Waals surface area (Å²) in [6.45, 7) is 3.00. The lowest BCUT2D eigenvalue weighted by Gasteiger charge is -2.26. The Balaban J connectivity index is 1.55. The molecule has 1 fully saturated rings. The maximum atomic E-state index is 13.1. The number of morpholine rings is 1. The van der Waals surface area contributed by atoms with Gasteiger partial charge in [-0.1, -0.05) is 6.07 Å². The van der Waals surface area contributed by atoms with Crippen molar-refractivity contribution in [3.05, 3.63) is 64.8 Å². The highest BCUT2D eigenvalue weighted by molar-refractivity contribution is 7.89. The number of carbonyl (C=O) groups excluding carboxylic acids is 1. The highest BCUT2D eigenvalue weighted by atomic mass is 32.2. The van der Waals surface area contributed by atoms with E-state index in [-0.39, 0.29) is 29.4 Å². The maximum Gasteiger partial charge on any atom is 0.257 e. The van der Waals surface area contributed by atoms with E-state index in [1.165, 1.54) is 39.9 Å². The predicted octanol–water partition coefficient (Wildman–Crippen LogP) is 3.53. The lowest BCUT2D eigenvalue weighted by atomic mass is 10.1. The van der Waals surface area contributed by atoms with Crippen molar-refractivity contribution < 1.29 is 22.3 Å². The van der Waals surface area contributed by atoms with E-state index in [2.05, 4.69) is 10.3 Å². The summed E-state index contributed by atoms with van der Waals surface area (Å²) >= 11 is 1.23. The van der Waals surface area contributed by atoms with Crippen LogP contribution < -0.4 is 5.32 Å². The number of nitrogens with zero attached hydrogens (tertiary/aromatic N) is 2. The molecule has 1 N–H and O–H groups in total. The Kier molecular flexibility index (Phi) is 6.15. The summed E-state index contributed by atoms with van der Waals surface area (Å²) < 4.78 is 45.5. The molecule has 1 saturated heterocycles. The zero-order valence-electron chi connectivity index (χ0n) is 16.7. The molecule has 0 unspecified atom stereocenters. The van der Waals surface area contributed by atoms with Crippen molar-refractivity contribution in [1.29, 1.82) is 0 Å². The fourth-order valence-corrected chi connectivity index (χ4v) is 5.34. The molecule has 0 radical (unpaired) electrons. The Morgan fingerprint density at radius 1 is 1.16 bits per heavy atom. The summed E-state index contributed by atoms with van der Waals surface area (Å²) in [5.74, 6) is -0.786. The Morgan fingerprint density at radius 3 is 2.58 bits per heavy atom. The van der Waals surface area contributed by atoms with Gasteiger partial charge in [0.1, 0.15) is 5.82 Å². The molecule has 0 bridgehead atoms. The number of ether oxygens (including phenoxy) is 1. The van der Waals surface area contributed by atoms with Gasteiger partial charge in [-0.3, -0.25) is 10.1 Å². The van der Waals surface area contributed by atoms with E-state index in [0.29, 0.717) is 29.6 Å². The average Bonchev–Trinajstić information content (AvgIpc) is 3.23. The highest BCUT2D eigenvalue weighted by Gasteiger charge is 2.27. The van der Waals surface area contributed by atoms with Crippen LogP contribution in [0.4, 0.5) is 9.52 Å². The number of halogens is 1. The second-order valence-corrected chi connectivity index (χ2v) is 9.79. The molecule has 3 aromatic rings. The molecule has 2 heterocycles. The number of thiazole rings is 1. The van der Waals surface area contributed by atoms with Crippen LogP contribution in [-0.2, 0) is 14.8 Å². The minimum Gasteiger partial charge on any atom is -0.379 e. The van der Waals surface area contributed by atoms with Gasteiger partial charge in [-0.25, -0.2) is 17.8 Å². The quantitative estimate of drug-likeness (QED) is 0.628. The van der Waals surface area contributed by atoms with Crippen molar-refractivity contribution in [3.8, 4) is 11.3 Å². The summed E-state index contributed by atoms with van der Waals surface area (Å²) in [6.07, 6.45) is 0. The Hall–Kier alpha value is -2.66. The van der Waals surface area contributed by atoms with Crippen molar-refractivity contribution in [1.82, 2.24) is 9.29 Å². The first-order valence-corrected chi connectivity index (χ1v) is 11.9. The third kappa shape index (κ3) is 4.67. The lowest BCUT2D eigenvalue weighted by molar-refractivity contribution is 0.0730. The molecule has 1 aromatic heterocycles. The Morgan fingerprint density at radius 2 is 1.87 bits per heavy atom. The van der Waals surface area contributed by atoms with Crippen LogP contribution >= 0.6 is 11.3 Å². The second kappa shape index (κ2) is 8.83. The summed E-state index contributed by atoms with van der Waals surface area (Å²) in [4.78, 5) is 17.3. The van der Waals surface area contributed by atoms with Crippen molar-refractivity contribution in [2.45, 2.75) is 11.8 Å². The number of carbonyl (C=O) groups is 1. The highest BCUT2D eigenvalue weighted by Crippen LogP contribution is 2.26. The van der Waals surface area contributed by atoms with Crippen molar-refractivity contribution in [2.24, 2.45) is 0 Å². The molecule has 1 aliphatic rings. The minimum absolute atomic E-state index is 0.0660. The summed E-state index contributed by atoms with van der Waals surface area (Å²) in [7, 11) is -3.71. The number of anilines is 1. The number of hydrogen-bond donors (Lipinski definition) is 1. The number of aromatic nitrogens is 1. The first-order chi connectivity index (χ1) is 14.8. The number of amides is 1. The van der Waals surface area contributed by atoms with Gasteiger partial charge < -0.3 is 4.74 Å². The smallest absolute Gasteiger partial charge is 0.257 e. The van der Waals surface area contributed by atoms with Gasteiger partial charge in [0.15, 0.2) is 5.13 Å². The fraction of sp³-hybridized carbons (Fsp3) is 0.238. The SMILES string of the molecule is Cc1ccc(S(=O)(=O)N2CCOCC2)cc1C(=O)Nc1nc(-c2ccc(F)cc2)cs1. The molecular weight excluding hydrogens is 441 g/mol. The summed E-state index contributed by atoms with van der Waals surface area (Å²) in [5.41, 5.74) is 2.25. The van der Waals surface area contributed by atoms with E-state index in [1.807, 2.05) is 0 Å². The monoisotopic (exact) mass is 461 g/mol. The molecule has 0 spiro atoms. The Bertz CT molecular complexity index is 1200. The molecule has 0 atom stereocenters. The van der Waals surface area contributed by atoms with Gasteiger partial charge in [0.2, 0.25) is 10.0 Å². The lowest BCUT2D eigenvalue weighted by Crippen LogP contribution is -2.40. The summed E-state index contributed by atoms with van der Waals surface area (Å²) in [6, 6.07) is 10.4. The van der Waals surface area contributed by atoms with Gasteiger partial charge >= 0.3 is 0 Å². The van der Waals surface area contributed by atoms with Crippen LogP contribution in [0.1, 0.15) is 15.9 Å². The van der Waals surface area contributed by atoms with Crippen molar-refractivity contribution in [2.75, 3.05) is 31.6 Å². The van der Waals surface area contributed by atoms with Crippen LogP contribution in [0.3, 0.4) is 0 Å². The number of nitrogens with one attached hydrogen (secondary N) is 1. The topological polar surface area (TPSA) is 88.6 Å². The third-order valence-corrected chi connectivity index (χ3v) is 7.58. The molecular formula is C21H20FN3O4S2. The molecule has 1 amide bonds. The molecule has 0 saturated carbocycles. The van der Waals surface area contributed by atoms with Crippen LogP contribution in [0.25, 0.3) is 11.3 Å². The molecule has 2 aromatic carbocycles. The molecule has 7 nitrogen and oxygen atoms in total. The molecule has 10 heteroatoms. The van der Waals surface area contributed by atoms with Gasteiger partial charge in [0.25, 0.3) is 5.91 Å². The predicted molar refractivity (Wildman–Crippen MR) is 116 cm³/mol. The van der Waals surface area contributed by atoms with E-state index in [1.54, 1.807) is 30.5 Å². The van der Waals surface area contributed by atoms with Gasteiger partial charge in [-0.2, -0.15) is 4.31 Å². The van der Waals surface area contributed by atoms with Crippen molar-refractivity contribution in [3.63, 3.8) is 0 Å². The minimum atomic E-state index is -3.71. The number of hydrogen-bond acceptors (Lipinski definition) is 6. The standard InChI is InChI=1S/C21H20FN3O4S2/c1-14-2-7-17(31(27,28)25-8-10-29-11-9-25)12-18(14)20(26)24-21-23-19(13-30-21)15-3-5-16(22)6-4-15/h2-7,12-13H,8-11H2,1H3,(H,23,24,26). The number of benzene rings is 2. The first-order valence-electron chi connectivity index (χ1n) is 9.56. The zero-order chi connectivity index (χ0) is 22.0. The van der Waals surface area contributed by atoms with Crippen molar-refractivity contribution >= 4 is 32.4 Å². The molecule has 31 heavy (non-hydrogen) atoms. The van der Waals surface area contributed by atoms with Crippen LogP contribution in [0, 0.1) is 12.7 Å². The van der Waals surface area contributed by atoms with E-state index in [4.69, 9.17) is 4.74 Å². The number of aryl methyl sites for hydroxylation is 1. The van der Waals surface area contributed by atoms with Gasteiger partial charge in [-0.15, -0.1) is 11.3 Å². The fourth-order valence-electron chi connectivity index (χ4n) is 3.19. The van der Waals surface area contributed by atoms with Gasteiger partial charge in [0.05, 0.1) is 23.8 Å². The van der Waals surface area contributed by atoms with E-state index >= 15 is 0 Å². The van der Waals surface area contributed by atoms with Gasteiger partial charge in [-0.05, 0) is 48.9 Å². The van der Waals surface area contributed by atoms with Crippen LogP contribution in [0.5, 0.6) is 0 Å². The molecule has 0 aliphatic carbocycles. The third-order valence-electron chi connectivity index (χ3n) is 4.93. The molecule has 1 aliphatic heterocycles. The first kappa shape index (κ1) is 21.6. The van der Waals surface area contributed by atoms with E-state index < -0.39 is 15.9 Å². The Labute approximate surface area is 183 Å². The zero-order valence-corrected chi connectivity index (χ0v) is 18.3. The van der Waals surface area contributed by atoms with E-state index in [0.717, 1.165) is 5.56 Å². The second-order valence-electron chi connectivity index (χ2n) is 6.99. The molecule has 162 valence electrons. The van der Waals surface area contributed by atoms with Gasteiger partial charge in [0, 0.05) is 29.6 Å². The van der Waals surface area contributed by atoms with Crippen LogP contribution in [-0.4, -0.2) is 49.9 Å². The molecule has 4 rings (SSSR count). The number of rotatable bonds is 5. The number of sulfonamides is 1. The summed E-state index contributed by atoms with van der Waals surface area (Å²) in [5, 5.41) is 4.85. The normalized spacial score (nSPS) is 15.0. The largest absolute Gasteiger partial charge is 0.379 e.